The van der Waals surface area contributed by atoms with Gasteiger partial charge in [0.2, 0.25) is 11.9 Å². The van der Waals surface area contributed by atoms with Crippen LogP contribution in [0.15, 0.2) is 29.3 Å². The molecule has 0 aliphatic carbocycles. The first-order valence-corrected chi connectivity index (χ1v) is 8.37. The second kappa shape index (κ2) is 6.08. The summed E-state index contributed by atoms with van der Waals surface area (Å²) in [6.45, 7) is 0.465. The van der Waals surface area contributed by atoms with Gasteiger partial charge in [-0.1, -0.05) is 11.1 Å². The molecule has 1 N–H and O–H groups in total. The standard InChI is InChI=1S/C17H17N5O5/c1-19-14-13(15(25)22(17(19)26)9-12(23)24)21-7-6-20(16(21)18-14)10-4-3-5-11(8-10)27-2/h3-5,8,13H,6-7,9H2,1-2H3/p+1. The van der Waals surface area contributed by atoms with Gasteiger partial charge in [-0.05, 0) is 12.1 Å². The number of benzene rings is 1. The Labute approximate surface area is 154 Å². The van der Waals surface area contributed by atoms with Gasteiger partial charge >= 0.3 is 18.0 Å². The van der Waals surface area contributed by atoms with Gasteiger partial charge in [-0.15, -0.1) is 0 Å². The molecule has 0 radical (unpaired) electrons. The summed E-state index contributed by atoms with van der Waals surface area (Å²) in [7, 11) is 3.08. The number of hydrogen-bond donors (Lipinski definition) is 1. The van der Waals surface area contributed by atoms with Crippen LogP contribution in [0, 0.1) is 0 Å². The quantitative estimate of drug-likeness (QED) is 0.724. The minimum atomic E-state index is -1.24. The Morgan fingerprint density at radius 2 is 2.19 bits per heavy atom. The zero-order valence-electron chi connectivity index (χ0n) is 14.8. The van der Waals surface area contributed by atoms with Gasteiger partial charge in [0.1, 0.15) is 24.5 Å². The molecule has 3 aliphatic heterocycles. The highest BCUT2D eigenvalue weighted by molar-refractivity contribution is 6.24. The number of aliphatic imine (C=N–C) groups is 1. The van der Waals surface area contributed by atoms with Crippen molar-refractivity contribution in [1.82, 2.24) is 9.80 Å². The van der Waals surface area contributed by atoms with Crippen molar-refractivity contribution in [2.45, 2.75) is 6.04 Å². The number of likely N-dealkylation sites (N-methyl/N-ethyl adjacent to an activating group) is 1. The first-order chi connectivity index (χ1) is 12.9. The number of imide groups is 1. The first kappa shape index (κ1) is 17.0. The minimum Gasteiger partial charge on any atom is -0.497 e. The van der Waals surface area contributed by atoms with Gasteiger partial charge in [0.25, 0.3) is 5.91 Å². The summed E-state index contributed by atoms with van der Waals surface area (Å²) in [4.78, 5) is 44.7. The average Bonchev–Trinajstić information content (AvgIpc) is 3.22. The molecule has 3 amide bonds. The van der Waals surface area contributed by atoms with Crippen LogP contribution in [0.25, 0.3) is 0 Å². The maximum absolute atomic E-state index is 12.8. The van der Waals surface area contributed by atoms with E-state index in [-0.39, 0.29) is 0 Å². The Bertz CT molecular complexity index is 924. The van der Waals surface area contributed by atoms with Gasteiger partial charge in [0.05, 0.1) is 13.7 Å². The molecule has 3 heterocycles. The number of amides is 3. The van der Waals surface area contributed by atoms with Gasteiger partial charge < -0.3 is 9.84 Å². The Morgan fingerprint density at radius 1 is 1.41 bits per heavy atom. The molecule has 10 nitrogen and oxygen atoms in total. The SMILES string of the molecule is COc1cccc(N2CC[N+]3=C2N=C2C3C(=O)N(CC(=O)O)C(=O)N2C)c1. The summed E-state index contributed by atoms with van der Waals surface area (Å²) in [6.07, 6.45) is 0. The number of carboxylic acids is 1. The predicted molar refractivity (Wildman–Crippen MR) is 94.2 cm³/mol. The second-order valence-corrected chi connectivity index (χ2v) is 6.38. The van der Waals surface area contributed by atoms with Crippen LogP contribution in [0.4, 0.5) is 10.5 Å². The van der Waals surface area contributed by atoms with E-state index in [9.17, 15) is 14.4 Å². The molecule has 1 aromatic rings. The van der Waals surface area contributed by atoms with E-state index >= 15 is 0 Å². The number of aliphatic carboxylic acids is 1. The third-order valence-corrected chi connectivity index (χ3v) is 4.85. The highest BCUT2D eigenvalue weighted by Crippen LogP contribution is 2.28. The summed E-state index contributed by atoms with van der Waals surface area (Å²) in [5.41, 5.74) is 0.860. The maximum atomic E-state index is 12.8. The molecule has 27 heavy (non-hydrogen) atoms. The smallest absolute Gasteiger partial charge is 0.397 e. The number of guanidine groups is 1. The third-order valence-electron chi connectivity index (χ3n) is 4.85. The number of amidine groups is 1. The summed E-state index contributed by atoms with van der Waals surface area (Å²) in [5.74, 6) is -0.234. The number of urea groups is 1. The normalized spacial score (nSPS) is 21.5. The van der Waals surface area contributed by atoms with E-state index in [1.165, 1.54) is 11.9 Å². The molecule has 3 aliphatic rings. The number of anilines is 1. The van der Waals surface area contributed by atoms with Crippen LogP contribution >= 0.6 is 0 Å². The molecule has 0 saturated carbocycles. The van der Waals surface area contributed by atoms with Crippen molar-refractivity contribution in [3.05, 3.63) is 24.3 Å². The number of methoxy groups -OCH3 is 1. The fourth-order valence-electron chi connectivity index (χ4n) is 3.56. The van der Waals surface area contributed by atoms with Gasteiger partial charge in [-0.2, -0.15) is 0 Å². The van der Waals surface area contributed by atoms with Crippen LogP contribution in [-0.2, 0) is 9.59 Å². The highest BCUT2D eigenvalue weighted by Gasteiger charge is 2.55. The number of rotatable bonds is 4. The molecule has 1 unspecified atom stereocenters. The molecule has 140 valence electrons. The lowest BCUT2D eigenvalue weighted by Gasteiger charge is -2.32. The van der Waals surface area contributed by atoms with Crippen molar-refractivity contribution in [3.8, 4) is 5.75 Å². The van der Waals surface area contributed by atoms with E-state index in [1.54, 1.807) is 11.7 Å². The molecule has 4 rings (SSSR count). The third kappa shape index (κ3) is 2.52. The lowest BCUT2D eigenvalue weighted by molar-refractivity contribution is -0.525. The first-order valence-electron chi connectivity index (χ1n) is 8.37. The Hall–Kier alpha value is -3.43. The molecular weight excluding hydrogens is 354 g/mol. The van der Waals surface area contributed by atoms with Crippen LogP contribution in [-0.4, -0.2) is 89.0 Å². The van der Waals surface area contributed by atoms with E-state index in [0.717, 1.165) is 10.6 Å². The van der Waals surface area contributed by atoms with Crippen LogP contribution in [0.5, 0.6) is 5.75 Å². The van der Waals surface area contributed by atoms with Crippen LogP contribution < -0.4 is 9.64 Å². The largest absolute Gasteiger partial charge is 0.497 e. The number of carbonyl (C=O) groups excluding carboxylic acids is 2. The molecule has 1 saturated heterocycles. The fourth-order valence-corrected chi connectivity index (χ4v) is 3.56. The summed E-state index contributed by atoms with van der Waals surface area (Å²) < 4.78 is 7.07. The molecular formula is C17H18N5O5+. The van der Waals surface area contributed by atoms with Gasteiger partial charge in [0, 0.05) is 13.1 Å². The van der Waals surface area contributed by atoms with E-state index in [1.807, 2.05) is 29.2 Å². The summed E-state index contributed by atoms with van der Waals surface area (Å²) >= 11 is 0. The second-order valence-electron chi connectivity index (χ2n) is 6.38. The molecule has 10 heteroatoms. The van der Waals surface area contributed by atoms with Crippen LogP contribution in [0.3, 0.4) is 0 Å². The molecule has 1 atom stereocenters. The molecule has 0 spiro atoms. The highest BCUT2D eigenvalue weighted by atomic mass is 16.5. The van der Waals surface area contributed by atoms with Gasteiger partial charge in [0.15, 0.2) is 0 Å². The lowest BCUT2D eigenvalue weighted by Crippen LogP contribution is -2.63. The molecule has 0 bridgehead atoms. The number of hydrogen-bond acceptors (Lipinski definition) is 6. The zero-order valence-corrected chi connectivity index (χ0v) is 14.8. The number of carbonyl (C=O) groups is 3. The molecule has 0 aromatic heterocycles. The number of ether oxygens (including phenoxy) is 1. The van der Waals surface area contributed by atoms with Gasteiger partial charge in [-0.25, -0.2) is 19.2 Å². The van der Waals surface area contributed by atoms with E-state index < -0.39 is 30.5 Å². The zero-order chi connectivity index (χ0) is 19.3. The van der Waals surface area contributed by atoms with Crippen LogP contribution in [0.1, 0.15) is 0 Å². The van der Waals surface area contributed by atoms with E-state index in [4.69, 9.17) is 9.84 Å². The number of nitrogens with zero attached hydrogens (tertiary/aromatic N) is 5. The predicted octanol–water partition coefficient (Wildman–Crippen LogP) is -0.357. The van der Waals surface area contributed by atoms with Crippen molar-refractivity contribution in [1.29, 1.82) is 0 Å². The van der Waals surface area contributed by atoms with Crippen molar-refractivity contribution >= 4 is 35.4 Å². The van der Waals surface area contributed by atoms with Crippen LogP contribution in [0.2, 0.25) is 0 Å². The number of carboxylic acid groups (broad SMARTS) is 1. The van der Waals surface area contributed by atoms with Crippen molar-refractivity contribution in [2.75, 3.05) is 38.7 Å². The topological polar surface area (TPSA) is 106 Å². The van der Waals surface area contributed by atoms with Crippen molar-refractivity contribution in [3.63, 3.8) is 0 Å². The molecule has 1 fully saturated rings. The fraction of sp³-hybridized carbons (Fsp3) is 0.353. The number of fused-ring (bicyclic) bond motifs is 2. The van der Waals surface area contributed by atoms with E-state index in [0.29, 0.717) is 30.6 Å². The van der Waals surface area contributed by atoms with Crippen molar-refractivity contribution in [2.24, 2.45) is 4.99 Å². The maximum Gasteiger partial charge on any atom is 0.397 e. The Kier molecular flexibility index (Phi) is 3.83. The lowest BCUT2D eigenvalue weighted by atomic mass is 10.1. The monoisotopic (exact) mass is 372 g/mol. The average molecular weight is 372 g/mol. The van der Waals surface area contributed by atoms with Crippen molar-refractivity contribution < 1.29 is 28.8 Å². The van der Waals surface area contributed by atoms with E-state index in [2.05, 4.69) is 4.99 Å². The summed E-state index contributed by atoms with van der Waals surface area (Å²) in [5, 5.41) is 9.02. The van der Waals surface area contributed by atoms with Gasteiger partial charge in [-0.3, -0.25) is 14.5 Å². The Balaban J connectivity index is 1.72. The summed E-state index contributed by atoms with van der Waals surface area (Å²) in [6, 6.07) is 6.00. The minimum absolute atomic E-state index is 0.314. The Morgan fingerprint density at radius 3 is 2.89 bits per heavy atom. The molecule has 1 aromatic carbocycles.